The van der Waals surface area contributed by atoms with Crippen LogP contribution in [-0.2, 0) is 16.1 Å². The molecule has 3 aromatic carbocycles. The molecule has 3 N–H and O–H groups in total. The van der Waals surface area contributed by atoms with Crippen LogP contribution in [0.15, 0.2) is 71.9 Å². The summed E-state index contributed by atoms with van der Waals surface area (Å²) in [6.45, 7) is 2.92. The Morgan fingerprint density at radius 1 is 1.09 bits per heavy atom. The number of aromatic nitrogens is 2. The molecule has 246 valence electrons. The number of nitrogens with zero attached hydrogens (tertiary/aromatic N) is 3. The van der Waals surface area contributed by atoms with Gasteiger partial charge in [0, 0.05) is 68.7 Å². The fraction of sp³-hybridized carbons (Fsp3) is 0.273. The lowest BCUT2D eigenvalue weighted by atomic mass is 10.1. The topological polar surface area (TPSA) is 143 Å². The third-order valence-electron chi connectivity index (χ3n) is 7.42. The zero-order valence-corrected chi connectivity index (χ0v) is 27.6. The normalized spacial score (nSPS) is 13.1. The van der Waals surface area contributed by atoms with E-state index in [0.29, 0.717) is 39.2 Å². The van der Waals surface area contributed by atoms with Gasteiger partial charge in [0.15, 0.2) is 6.10 Å². The molecule has 1 atom stereocenters. The van der Waals surface area contributed by atoms with E-state index in [2.05, 4.69) is 10.4 Å². The maximum absolute atomic E-state index is 13.1. The van der Waals surface area contributed by atoms with Crippen molar-refractivity contribution in [2.75, 3.05) is 37.0 Å². The Balaban J connectivity index is 1.23. The third-order valence-corrected chi connectivity index (χ3v) is 9.31. The number of nitrogens with one attached hydrogen (secondary N) is 1. The molecule has 0 saturated heterocycles. The van der Waals surface area contributed by atoms with Gasteiger partial charge in [0.25, 0.3) is 5.91 Å². The van der Waals surface area contributed by atoms with E-state index in [1.165, 1.54) is 0 Å². The number of hydrogen-bond donors (Lipinski definition) is 3. The highest BCUT2D eigenvalue weighted by Gasteiger charge is 2.27. The molecule has 0 bridgehead atoms. The van der Waals surface area contributed by atoms with Gasteiger partial charge in [-0.2, -0.15) is 5.10 Å². The van der Waals surface area contributed by atoms with Crippen molar-refractivity contribution in [1.82, 2.24) is 15.1 Å². The molecule has 0 radical (unpaired) electrons. The predicted molar refractivity (Wildman–Crippen MR) is 180 cm³/mol. The number of carboxylic acid groups (broad SMARTS) is 1. The molecule has 2 heterocycles. The van der Waals surface area contributed by atoms with Crippen LogP contribution in [0, 0.1) is 6.92 Å². The minimum atomic E-state index is -1.55. The van der Waals surface area contributed by atoms with Gasteiger partial charge in [0.2, 0.25) is 0 Å². The van der Waals surface area contributed by atoms with Crippen molar-refractivity contribution in [3.63, 3.8) is 0 Å². The highest BCUT2D eigenvalue weighted by molar-refractivity contribution is 7.99. The highest BCUT2D eigenvalue weighted by Crippen LogP contribution is 2.42. The number of halogens is 2. The standard InChI is InChI=1S/C33H32Cl2N4O7S/c1-20-25(34)5-3-7-29(20)45-13-14-46-33(44)39-12-15-47-30-24(4-2-6-27(30)39)23-17-37-38(19-23)18-22-16-21(8-9-26(22)35)31(41)36-11-10-28(40)32(42)43/h2-9,16-17,19,28,40H,10-15,18H2,1H3,(H,36,41)(H,42,43)/t28-/m0/s1. The predicted octanol–water partition coefficient (Wildman–Crippen LogP) is 5.91. The molecule has 4 aromatic rings. The van der Waals surface area contributed by atoms with E-state index in [9.17, 15) is 19.5 Å². The van der Waals surface area contributed by atoms with E-state index >= 15 is 0 Å². The number of rotatable bonds is 12. The van der Waals surface area contributed by atoms with Gasteiger partial charge in [-0.05, 0) is 48.9 Å². The molecule has 0 aliphatic carbocycles. The van der Waals surface area contributed by atoms with Gasteiger partial charge in [0.05, 0.1) is 18.4 Å². The van der Waals surface area contributed by atoms with Crippen LogP contribution in [0.2, 0.25) is 10.0 Å². The minimum absolute atomic E-state index is 0.000546. The van der Waals surface area contributed by atoms with Crippen molar-refractivity contribution in [2.24, 2.45) is 0 Å². The number of aliphatic carboxylic acids is 1. The van der Waals surface area contributed by atoms with Crippen LogP contribution in [0.25, 0.3) is 11.1 Å². The first kappa shape index (κ1) is 34.1. The number of amides is 2. The van der Waals surface area contributed by atoms with Gasteiger partial charge < -0.3 is 25.0 Å². The molecular formula is C33H32Cl2N4O7S. The Kier molecular flexibility index (Phi) is 11.3. The van der Waals surface area contributed by atoms with E-state index in [1.807, 2.05) is 37.4 Å². The minimum Gasteiger partial charge on any atom is -0.490 e. The lowest BCUT2D eigenvalue weighted by Crippen LogP contribution is -2.36. The number of anilines is 1. The van der Waals surface area contributed by atoms with Gasteiger partial charge in [0.1, 0.15) is 19.0 Å². The maximum Gasteiger partial charge on any atom is 0.414 e. The zero-order valence-electron chi connectivity index (χ0n) is 25.3. The Bertz CT molecular complexity index is 1780. The number of carbonyl (C=O) groups is 3. The van der Waals surface area contributed by atoms with Gasteiger partial charge in [-0.15, -0.1) is 11.8 Å². The van der Waals surface area contributed by atoms with Crippen LogP contribution < -0.4 is 15.0 Å². The van der Waals surface area contributed by atoms with Crippen LogP contribution in [-0.4, -0.2) is 76.1 Å². The smallest absolute Gasteiger partial charge is 0.414 e. The second kappa shape index (κ2) is 15.6. The average molecular weight is 700 g/mol. The zero-order chi connectivity index (χ0) is 33.5. The molecule has 47 heavy (non-hydrogen) atoms. The number of benzene rings is 3. The average Bonchev–Trinajstić information content (AvgIpc) is 3.53. The number of ether oxygens (including phenoxy) is 2. The maximum atomic E-state index is 13.1. The Morgan fingerprint density at radius 2 is 1.89 bits per heavy atom. The first-order valence-corrected chi connectivity index (χ1v) is 16.4. The molecule has 11 nitrogen and oxygen atoms in total. The summed E-state index contributed by atoms with van der Waals surface area (Å²) in [5.74, 6) is -0.430. The van der Waals surface area contributed by atoms with Crippen LogP contribution in [0.5, 0.6) is 5.75 Å². The monoisotopic (exact) mass is 698 g/mol. The lowest BCUT2D eigenvalue weighted by Gasteiger charge is -2.29. The second-order valence-electron chi connectivity index (χ2n) is 10.6. The summed E-state index contributed by atoms with van der Waals surface area (Å²) in [4.78, 5) is 39.1. The van der Waals surface area contributed by atoms with Gasteiger partial charge in [-0.3, -0.25) is 14.4 Å². The second-order valence-corrected chi connectivity index (χ2v) is 12.5. The first-order valence-electron chi connectivity index (χ1n) is 14.7. The lowest BCUT2D eigenvalue weighted by molar-refractivity contribution is -0.146. The summed E-state index contributed by atoms with van der Waals surface area (Å²) in [5, 5.41) is 26.4. The van der Waals surface area contributed by atoms with Crippen molar-refractivity contribution >= 4 is 58.6 Å². The van der Waals surface area contributed by atoms with E-state index in [-0.39, 0.29) is 32.7 Å². The molecule has 0 fully saturated rings. The number of fused-ring (bicyclic) bond motifs is 1. The van der Waals surface area contributed by atoms with Crippen LogP contribution in [0.3, 0.4) is 0 Å². The highest BCUT2D eigenvalue weighted by atomic mass is 35.5. The number of hydrogen-bond acceptors (Lipinski definition) is 8. The van der Waals surface area contributed by atoms with Crippen molar-refractivity contribution in [2.45, 2.75) is 30.9 Å². The number of aliphatic hydroxyl groups is 1. The Morgan fingerprint density at radius 3 is 2.70 bits per heavy atom. The molecular weight excluding hydrogens is 667 g/mol. The van der Waals surface area contributed by atoms with Crippen LogP contribution >= 0.6 is 35.0 Å². The Hall–Kier alpha value is -4.23. The van der Waals surface area contributed by atoms with Crippen molar-refractivity contribution in [1.29, 1.82) is 0 Å². The fourth-order valence-corrected chi connectivity index (χ4v) is 6.41. The van der Waals surface area contributed by atoms with Crippen LogP contribution in [0.4, 0.5) is 10.5 Å². The number of carbonyl (C=O) groups excluding carboxylic acids is 2. The SMILES string of the molecule is Cc1c(Cl)cccc1OCCOC(=O)N1CCSc2c(-c3cnn(Cc4cc(C(=O)NCC[C@H](O)C(=O)O)ccc4Cl)c3)cccc21. The van der Waals surface area contributed by atoms with Crippen molar-refractivity contribution in [3.8, 4) is 16.9 Å². The largest absolute Gasteiger partial charge is 0.490 e. The van der Waals surface area contributed by atoms with E-state index in [0.717, 1.165) is 27.3 Å². The van der Waals surface area contributed by atoms with Crippen LogP contribution in [0.1, 0.15) is 27.9 Å². The molecule has 1 aliphatic rings. The summed E-state index contributed by atoms with van der Waals surface area (Å²) < 4.78 is 13.0. The Labute approximate surface area is 285 Å². The molecule has 2 amide bonds. The molecule has 0 spiro atoms. The quantitative estimate of drug-likeness (QED) is 0.154. The molecule has 14 heteroatoms. The molecule has 1 aromatic heterocycles. The van der Waals surface area contributed by atoms with E-state index in [4.69, 9.17) is 37.8 Å². The van der Waals surface area contributed by atoms with Crippen molar-refractivity contribution in [3.05, 3.63) is 93.7 Å². The molecule has 1 aliphatic heterocycles. The third kappa shape index (κ3) is 8.38. The number of carboxylic acids is 1. The first-order chi connectivity index (χ1) is 22.6. The summed E-state index contributed by atoms with van der Waals surface area (Å²) in [7, 11) is 0. The van der Waals surface area contributed by atoms with E-state index in [1.54, 1.807) is 57.9 Å². The summed E-state index contributed by atoms with van der Waals surface area (Å²) in [6, 6.07) is 16.0. The number of aliphatic hydroxyl groups excluding tert-OH is 1. The molecule has 0 unspecified atom stereocenters. The fourth-order valence-electron chi connectivity index (χ4n) is 4.92. The van der Waals surface area contributed by atoms with Gasteiger partial charge in [-0.25, -0.2) is 9.59 Å². The molecule has 5 rings (SSSR count). The van der Waals surface area contributed by atoms with Crippen molar-refractivity contribution < 1.29 is 34.1 Å². The number of thioether (sulfide) groups is 1. The van der Waals surface area contributed by atoms with E-state index < -0.39 is 24.1 Å². The van der Waals surface area contributed by atoms with Gasteiger partial charge in [-0.1, -0.05) is 41.4 Å². The molecule has 0 saturated carbocycles. The summed E-state index contributed by atoms with van der Waals surface area (Å²) in [5.41, 5.74) is 4.34. The summed E-state index contributed by atoms with van der Waals surface area (Å²) in [6.07, 6.45) is 1.49. The van der Waals surface area contributed by atoms with Gasteiger partial charge >= 0.3 is 12.1 Å². The summed E-state index contributed by atoms with van der Waals surface area (Å²) >= 11 is 14.3.